The van der Waals surface area contributed by atoms with Crippen LogP contribution in [0.1, 0.15) is 25.3 Å². The third kappa shape index (κ3) is 3.47. The highest BCUT2D eigenvalue weighted by atomic mass is 16.5. The fourth-order valence-electron chi connectivity index (χ4n) is 2.27. The molecule has 1 aliphatic rings. The number of carbonyl (C=O) groups excluding carboxylic acids is 1. The minimum absolute atomic E-state index is 0.0337. The van der Waals surface area contributed by atoms with Crippen LogP contribution >= 0.6 is 0 Å². The summed E-state index contributed by atoms with van der Waals surface area (Å²) in [6, 6.07) is 6.78. The van der Waals surface area contributed by atoms with Crippen LogP contribution in [0.3, 0.4) is 0 Å². The Kier molecular flexibility index (Phi) is 3.87. The van der Waals surface area contributed by atoms with Gasteiger partial charge in [-0.1, -0.05) is 12.1 Å². The second-order valence-corrected chi connectivity index (χ2v) is 5.11. The first-order valence-electron chi connectivity index (χ1n) is 6.24. The van der Waals surface area contributed by atoms with Crippen LogP contribution in [-0.2, 0) is 16.0 Å². The van der Waals surface area contributed by atoms with Gasteiger partial charge in [0.25, 0.3) is 0 Å². The molecule has 1 aliphatic heterocycles. The number of rotatable bonds is 3. The number of ether oxygens (including phenoxy) is 1. The molecule has 0 aromatic heterocycles. The van der Waals surface area contributed by atoms with Crippen LogP contribution in [0.2, 0.25) is 0 Å². The van der Waals surface area contributed by atoms with E-state index in [0.29, 0.717) is 6.61 Å². The normalized spacial score (nSPS) is 23.6. The average Bonchev–Trinajstić information content (AvgIpc) is 2.28. The SMILES string of the molecule is CC1(NC(=O)Cc2cccc(O)c2)CCCOC1. The van der Waals surface area contributed by atoms with Crippen LogP contribution in [0.15, 0.2) is 24.3 Å². The van der Waals surface area contributed by atoms with Gasteiger partial charge in [0, 0.05) is 6.61 Å². The molecular weight excluding hydrogens is 230 g/mol. The fraction of sp³-hybridized carbons (Fsp3) is 0.500. The zero-order valence-corrected chi connectivity index (χ0v) is 10.6. The molecule has 0 spiro atoms. The molecule has 0 radical (unpaired) electrons. The van der Waals surface area contributed by atoms with Crippen molar-refractivity contribution in [1.82, 2.24) is 5.32 Å². The van der Waals surface area contributed by atoms with Crippen LogP contribution < -0.4 is 5.32 Å². The average molecular weight is 249 g/mol. The van der Waals surface area contributed by atoms with E-state index in [-0.39, 0.29) is 23.6 Å². The van der Waals surface area contributed by atoms with Crippen LogP contribution in [0.25, 0.3) is 0 Å². The lowest BCUT2D eigenvalue weighted by molar-refractivity contribution is -0.124. The van der Waals surface area contributed by atoms with E-state index in [1.807, 2.05) is 13.0 Å². The Bertz CT molecular complexity index is 425. The van der Waals surface area contributed by atoms with Gasteiger partial charge in [-0.2, -0.15) is 0 Å². The Morgan fingerprint density at radius 1 is 1.56 bits per heavy atom. The van der Waals surface area contributed by atoms with Crippen molar-refractivity contribution in [1.29, 1.82) is 0 Å². The Morgan fingerprint density at radius 2 is 2.39 bits per heavy atom. The molecule has 2 rings (SSSR count). The van der Waals surface area contributed by atoms with Gasteiger partial charge in [0.2, 0.25) is 5.91 Å². The monoisotopic (exact) mass is 249 g/mol. The van der Waals surface area contributed by atoms with E-state index in [1.165, 1.54) is 0 Å². The molecule has 0 saturated carbocycles. The molecule has 4 heteroatoms. The molecule has 1 atom stereocenters. The molecule has 1 unspecified atom stereocenters. The number of hydrogen-bond donors (Lipinski definition) is 2. The van der Waals surface area contributed by atoms with Gasteiger partial charge in [-0.3, -0.25) is 4.79 Å². The second kappa shape index (κ2) is 5.40. The number of aromatic hydroxyl groups is 1. The van der Waals surface area contributed by atoms with E-state index in [1.54, 1.807) is 18.2 Å². The van der Waals surface area contributed by atoms with Crippen molar-refractivity contribution in [2.45, 2.75) is 31.7 Å². The van der Waals surface area contributed by atoms with Crippen molar-refractivity contribution in [2.24, 2.45) is 0 Å². The summed E-state index contributed by atoms with van der Waals surface area (Å²) >= 11 is 0. The summed E-state index contributed by atoms with van der Waals surface area (Å²) < 4.78 is 5.40. The molecule has 1 fully saturated rings. The Balaban J connectivity index is 1.92. The van der Waals surface area contributed by atoms with Gasteiger partial charge in [-0.05, 0) is 37.5 Å². The van der Waals surface area contributed by atoms with E-state index in [9.17, 15) is 9.90 Å². The first-order chi connectivity index (χ1) is 8.57. The Morgan fingerprint density at radius 3 is 3.06 bits per heavy atom. The number of hydrogen-bond acceptors (Lipinski definition) is 3. The summed E-state index contributed by atoms with van der Waals surface area (Å²) in [7, 11) is 0. The third-order valence-electron chi connectivity index (χ3n) is 3.15. The number of benzene rings is 1. The first kappa shape index (κ1) is 12.9. The second-order valence-electron chi connectivity index (χ2n) is 5.11. The highest BCUT2D eigenvalue weighted by Crippen LogP contribution is 2.18. The van der Waals surface area contributed by atoms with Gasteiger partial charge >= 0.3 is 0 Å². The molecule has 1 aromatic rings. The van der Waals surface area contributed by atoms with Gasteiger partial charge in [-0.15, -0.1) is 0 Å². The maximum absolute atomic E-state index is 11.9. The standard InChI is InChI=1S/C14H19NO3/c1-14(6-3-7-18-10-14)15-13(17)9-11-4-2-5-12(16)8-11/h2,4-5,8,16H,3,6-7,9-10H2,1H3,(H,15,17). The van der Waals surface area contributed by atoms with E-state index in [4.69, 9.17) is 4.74 Å². The molecule has 98 valence electrons. The summed E-state index contributed by atoms with van der Waals surface area (Å²) in [5.41, 5.74) is 0.555. The molecular formula is C14H19NO3. The van der Waals surface area contributed by atoms with Gasteiger partial charge in [0.15, 0.2) is 0 Å². The summed E-state index contributed by atoms with van der Waals surface area (Å²) in [5, 5.41) is 12.4. The molecule has 1 heterocycles. The molecule has 1 amide bonds. The van der Waals surface area contributed by atoms with Crippen molar-refractivity contribution >= 4 is 5.91 Å². The summed E-state index contributed by atoms with van der Waals surface area (Å²) in [4.78, 5) is 11.9. The van der Waals surface area contributed by atoms with Crippen LogP contribution in [0.4, 0.5) is 0 Å². The van der Waals surface area contributed by atoms with Crippen molar-refractivity contribution in [2.75, 3.05) is 13.2 Å². The first-order valence-corrected chi connectivity index (χ1v) is 6.24. The minimum atomic E-state index is -0.258. The van der Waals surface area contributed by atoms with Crippen molar-refractivity contribution < 1.29 is 14.6 Å². The quantitative estimate of drug-likeness (QED) is 0.855. The Hall–Kier alpha value is -1.55. The third-order valence-corrected chi connectivity index (χ3v) is 3.15. The summed E-state index contributed by atoms with van der Waals surface area (Å²) in [6.45, 7) is 3.35. The molecule has 4 nitrogen and oxygen atoms in total. The van der Waals surface area contributed by atoms with Gasteiger partial charge < -0.3 is 15.2 Å². The maximum Gasteiger partial charge on any atom is 0.224 e. The largest absolute Gasteiger partial charge is 0.508 e. The smallest absolute Gasteiger partial charge is 0.224 e. The lowest BCUT2D eigenvalue weighted by Gasteiger charge is -2.34. The molecule has 0 bridgehead atoms. The maximum atomic E-state index is 11.9. The number of amides is 1. The zero-order valence-electron chi connectivity index (χ0n) is 10.6. The predicted octanol–water partition coefficient (Wildman–Crippen LogP) is 1.62. The zero-order chi connectivity index (χ0) is 13.0. The molecule has 2 N–H and O–H groups in total. The molecule has 0 aliphatic carbocycles. The van der Waals surface area contributed by atoms with Crippen molar-refractivity contribution in [3.63, 3.8) is 0 Å². The van der Waals surface area contributed by atoms with E-state index < -0.39 is 0 Å². The summed E-state index contributed by atoms with van der Waals surface area (Å²) in [5.74, 6) is 0.154. The van der Waals surface area contributed by atoms with Crippen molar-refractivity contribution in [3.8, 4) is 5.75 Å². The summed E-state index contributed by atoms with van der Waals surface area (Å²) in [6.07, 6.45) is 2.20. The van der Waals surface area contributed by atoms with Gasteiger partial charge in [0.1, 0.15) is 5.75 Å². The van der Waals surface area contributed by atoms with E-state index in [2.05, 4.69) is 5.32 Å². The van der Waals surface area contributed by atoms with Crippen molar-refractivity contribution in [3.05, 3.63) is 29.8 Å². The number of phenols is 1. The van der Waals surface area contributed by atoms with Crippen LogP contribution in [0, 0.1) is 0 Å². The number of carbonyl (C=O) groups is 1. The fourth-order valence-corrected chi connectivity index (χ4v) is 2.27. The van der Waals surface area contributed by atoms with Crippen LogP contribution in [-0.4, -0.2) is 29.8 Å². The topological polar surface area (TPSA) is 58.6 Å². The lowest BCUT2D eigenvalue weighted by Crippen LogP contribution is -2.52. The van der Waals surface area contributed by atoms with Gasteiger partial charge in [0.05, 0.1) is 18.6 Å². The van der Waals surface area contributed by atoms with Crippen LogP contribution in [0.5, 0.6) is 5.75 Å². The molecule has 1 aromatic carbocycles. The van der Waals surface area contributed by atoms with E-state index >= 15 is 0 Å². The lowest BCUT2D eigenvalue weighted by atomic mass is 9.94. The Labute approximate surface area is 107 Å². The minimum Gasteiger partial charge on any atom is -0.508 e. The number of nitrogens with one attached hydrogen (secondary N) is 1. The molecule has 1 saturated heterocycles. The predicted molar refractivity (Wildman–Crippen MR) is 68.4 cm³/mol. The number of phenolic OH excluding ortho intramolecular Hbond substituents is 1. The highest BCUT2D eigenvalue weighted by molar-refractivity contribution is 5.79. The van der Waals surface area contributed by atoms with Gasteiger partial charge in [-0.25, -0.2) is 0 Å². The highest BCUT2D eigenvalue weighted by Gasteiger charge is 2.29. The van der Waals surface area contributed by atoms with E-state index in [0.717, 1.165) is 25.0 Å². The molecule has 18 heavy (non-hydrogen) atoms.